The highest BCUT2D eigenvalue weighted by molar-refractivity contribution is 7.98. The lowest BCUT2D eigenvalue weighted by molar-refractivity contribution is 0.595. The number of aromatic nitrogens is 7. The molecule has 0 saturated heterocycles. The molecule has 0 fully saturated rings. The number of thioether (sulfide) groups is 1. The fourth-order valence-electron chi connectivity index (χ4n) is 4.18. The molecule has 0 aliphatic carbocycles. The Labute approximate surface area is 200 Å². The molecule has 0 aliphatic heterocycles. The van der Waals surface area contributed by atoms with Crippen LogP contribution in [0.5, 0.6) is 0 Å². The average Bonchev–Trinajstić information content (AvgIpc) is 3.62. The summed E-state index contributed by atoms with van der Waals surface area (Å²) in [5.74, 6) is 1.59. The number of imidazole rings is 1. The lowest BCUT2D eigenvalue weighted by Crippen LogP contribution is -2.05. The van der Waals surface area contributed by atoms with E-state index in [0.29, 0.717) is 0 Å². The predicted octanol–water partition coefficient (Wildman–Crippen LogP) is 5.62. The Morgan fingerprint density at radius 1 is 0.882 bits per heavy atom. The molecule has 0 aliphatic rings. The van der Waals surface area contributed by atoms with Crippen LogP contribution in [0.2, 0.25) is 0 Å². The number of hydrogen-bond donors (Lipinski definition) is 2. The first-order valence-corrected chi connectivity index (χ1v) is 12.3. The Balaban J connectivity index is 1.29. The zero-order valence-corrected chi connectivity index (χ0v) is 19.3. The Kier molecular flexibility index (Phi) is 5.56. The topological polar surface area (TPSA) is 88.1 Å². The molecule has 7 nitrogen and oxygen atoms in total. The van der Waals surface area contributed by atoms with Gasteiger partial charge in [-0.3, -0.25) is 0 Å². The van der Waals surface area contributed by atoms with E-state index in [1.807, 2.05) is 30.5 Å². The van der Waals surface area contributed by atoms with Gasteiger partial charge >= 0.3 is 0 Å². The third-order valence-electron chi connectivity index (χ3n) is 5.87. The molecule has 0 atom stereocenters. The molecule has 0 unspecified atom stereocenters. The largest absolute Gasteiger partial charge is 0.358 e. The van der Waals surface area contributed by atoms with Crippen molar-refractivity contribution >= 4 is 33.6 Å². The fraction of sp³-hybridized carbons (Fsp3) is 0.154. The number of para-hydroxylation sites is 2. The molecule has 4 aromatic heterocycles. The number of fused-ring (bicyclic) bond motifs is 2. The standard InChI is InChI=1S/C26H23N7S/c1-3-9-22-18(6-1)11-12-24(30-22)25-31-32-26(33(25)13-5-8-20-15-27-17-28-20)34-16-21-14-19-7-2-4-10-23(19)29-21/h1-4,6-7,9-12,14-15,17,29H,5,8,13,16H2,(H,27,28). The molecule has 168 valence electrons. The van der Waals surface area contributed by atoms with Crippen molar-refractivity contribution in [2.75, 3.05) is 0 Å². The van der Waals surface area contributed by atoms with Gasteiger partial charge in [-0.1, -0.05) is 54.2 Å². The van der Waals surface area contributed by atoms with Crippen molar-refractivity contribution in [3.05, 3.63) is 90.6 Å². The molecule has 4 heterocycles. The molecule has 0 saturated carbocycles. The summed E-state index contributed by atoms with van der Waals surface area (Å²) in [6.45, 7) is 0.797. The van der Waals surface area contributed by atoms with E-state index in [0.717, 1.165) is 63.9 Å². The summed E-state index contributed by atoms with van der Waals surface area (Å²) in [5.41, 5.74) is 5.25. The Bertz CT molecular complexity index is 1520. The van der Waals surface area contributed by atoms with Gasteiger partial charge in [0, 0.05) is 40.8 Å². The first-order valence-electron chi connectivity index (χ1n) is 11.3. The number of nitrogens with zero attached hydrogens (tertiary/aromatic N) is 5. The fourth-order valence-corrected chi connectivity index (χ4v) is 5.05. The Morgan fingerprint density at radius 3 is 2.65 bits per heavy atom. The summed E-state index contributed by atoms with van der Waals surface area (Å²) in [6, 6.07) is 22.8. The van der Waals surface area contributed by atoms with Gasteiger partial charge < -0.3 is 14.5 Å². The van der Waals surface area contributed by atoms with Crippen LogP contribution in [0.15, 0.2) is 84.4 Å². The van der Waals surface area contributed by atoms with Crippen molar-refractivity contribution in [2.24, 2.45) is 0 Å². The third kappa shape index (κ3) is 4.20. The van der Waals surface area contributed by atoms with Gasteiger partial charge in [0.25, 0.3) is 0 Å². The molecule has 0 bridgehead atoms. The van der Waals surface area contributed by atoms with Crippen LogP contribution in [-0.2, 0) is 18.7 Å². The van der Waals surface area contributed by atoms with Gasteiger partial charge in [-0.25, -0.2) is 9.97 Å². The minimum atomic E-state index is 0.790. The van der Waals surface area contributed by atoms with Crippen LogP contribution in [-0.4, -0.2) is 34.7 Å². The van der Waals surface area contributed by atoms with Gasteiger partial charge in [-0.15, -0.1) is 10.2 Å². The van der Waals surface area contributed by atoms with E-state index in [1.54, 1.807) is 18.1 Å². The number of nitrogens with one attached hydrogen (secondary N) is 2. The molecule has 2 aromatic carbocycles. The number of aryl methyl sites for hydroxylation is 1. The van der Waals surface area contributed by atoms with Crippen LogP contribution in [0.4, 0.5) is 0 Å². The summed E-state index contributed by atoms with van der Waals surface area (Å²) in [4.78, 5) is 15.7. The number of pyridine rings is 1. The zero-order valence-electron chi connectivity index (χ0n) is 18.5. The van der Waals surface area contributed by atoms with Crippen molar-refractivity contribution in [3.63, 3.8) is 0 Å². The lowest BCUT2D eigenvalue weighted by atomic mass is 10.2. The van der Waals surface area contributed by atoms with E-state index in [4.69, 9.17) is 4.98 Å². The molecule has 0 radical (unpaired) electrons. The van der Waals surface area contributed by atoms with Crippen LogP contribution in [0.3, 0.4) is 0 Å². The second kappa shape index (κ2) is 9.15. The van der Waals surface area contributed by atoms with Gasteiger partial charge in [-0.05, 0) is 42.5 Å². The molecule has 6 rings (SSSR count). The van der Waals surface area contributed by atoms with Crippen LogP contribution in [0.25, 0.3) is 33.3 Å². The highest BCUT2D eigenvalue weighted by Crippen LogP contribution is 2.28. The molecule has 6 aromatic rings. The second-order valence-corrected chi connectivity index (χ2v) is 9.14. The van der Waals surface area contributed by atoms with Crippen LogP contribution >= 0.6 is 11.8 Å². The SMILES string of the molecule is c1ccc2nc(-c3nnc(SCc4cc5ccccc5[nH]4)n3CCCc3cnc[nH]3)ccc2c1. The molecule has 8 heteroatoms. The first-order chi connectivity index (χ1) is 16.8. The minimum Gasteiger partial charge on any atom is -0.358 e. The van der Waals surface area contributed by atoms with Gasteiger partial charge in [-0.2, -0.15) is 0 Å². The maximum absolute atomic E-state index is 4.87. The molecule has 34 heavy (non-hydrogen) atoms. The van der Waals surface area contributed by atoms with E-state index in [9.17, 15) is 0 Å². The van der Waals surface area contributed by atoms with Gasteiger partial charge in [0.1, 0.15) is 5.69 Å². The van der Waals surface area contributed by atoms with Crippen molar-refractivity contribution < 1.29 is 0 Å². The first kappa shape index (κ1) is 20.7. The van der Waals surface area contributed by atoms with Crippen molar-refractivity contribution in [2.45, 2.75) is 30.3 Å². The van der Waals surface area contributed by atoms with Crippen molar-refractivity contribution in [3.8, 4) is 11.5 Å². The quantitative estimate of drug-likeness (QED) is 0.285. The normalized spacial score (nSPS) is 11.5. The van der Waals surface area contributed by atoms with Gasteiger partial charge in [0.05, 0.1) is 11.8 Å². The maximum Gasteiger partial charge on any atom is 0.191 e. The van der Waals surface area contributed by atoms with E-state index >= 15 is 0 Å². The summed E-state index contributed by atoms with van der Waals surface area (Å²) >= 11 is 1.69. The molecular formula is C26H23N7S. The lowest BCUT2D eigenvalue weighted by Gasteiger charge is -2.10. The van der Waals surface area contributed by atoms with Crippen molar-refractivity contribution in [1.29, 1.82) is 0 Å². The van der Waals surface area contributed by atoms with Crippen LogP contribution in [0, 0.1) is 0 Å². The smallest absolute Gasteiger partial charge is 0.191 e. The predicted molar refractivity (Wildman–Crippen MR) is 136 cm³/mol. The third-order valence-corrected chi connectivity index (χ3v) is 6.89. The number of hydrogen-bond acceptors (Lipinski definition) is 5. The van der Waals surface area contributed by atoms with Crippen molar-refractivity contribution in [1.82, 2.24) is 34.7 Å². The average molecular weight is 466 g/mol. The van der Waals surface area contributed by atoms with E-state index in [2.05, 4.69) is 72.2 Å². The van der Waals surface area contributed by atoms with E-state index in [-0.39, 0.29) is 0 Å². The summed E-state index contributed by atoms with van der Waals surface area (Å²) in [6.07, 6.45) is 5.46. The Morgan fingerprint density at radius 2 is 1.76 bits per heavy atom. The van der Waals surface area contributed by atoms with Crippen LogP contribution in [0.1, 0.15) is 17.8 Å². The highest BCUT2D eigenvalue weighted by Gasteiger charge is 2.16. The molecular weight excluding hydrogens is 442 g/mol. The monoisotopic (exact) mass is 465 g/mol. The summed E-state index contributed by atoms with van der Waals surface area (Å²) in [7, 11) is 0. The Hall–Kier alpha value is -3.91. The van der Waals surface area contributed by atoms with E-state index < -0.39 is 0 Å². The highest BCUT2D eigenvalue weighted by atomic mass is 32.2. The van der Waals surface area contributed by atoms with Gasteiger partial charge in [0.2, 0.25) is 0 Å². The molecule has 0 spiro atoms. The summed E-state index contributed by atoms with van der Waals surface area (Å²) in [5, 5.41) is 12.4. The maximum atomic E-state index is 4.87. The summed E-state index contributed by atoms with van der Waals surface area (Å²) < 4.78 is 2.20. The molecule has 2 N–H and O–H groups in total. The minimum absolute atomic E-state index is 0.790. The molecule has 0 amide bonds. The zero-order chi connectivity index (χ0) is 22.7. The van der Waals surface area contributed by atoms with Gasteiger partial charge in [0.15, 0.2) is 11.0 Å². The van der Waals surface area contributed by atoms with Crippen LogP contribution < -0.4 is 0 Å². The number of aromatic amines is 2. The number of H-pyrrole nitrogens is 2. The number of benzene rings is 2. The number of rotatable bonds is 8. The second-order valence-electron chi connectivity index (χ2n) is 8.20. The van der Waals surface area contributed by atoms with E-state index in [1.165, 1.54) is 11.1 Å².